The van der Waals surface area contributed by atoms with Gasteiger partial charge in [0.25, 0.3) is 0 Å². The van der Waals surface area contributed by atoms with E-state index in [1.807, 2.05) is 13.0 Å². The molecule has 0 aliphatic heterocycles. The Bertz CT molecular complexity index is 708. The van der Waals surface area contributed by atoms with Crippen molar-refractivity contribution < 1.29 is 4.39 Å². The van der Waals surface area contributed by atoms with Crippen LogP contribution in [0.3, 0.4) is 0 Å². The molecular weight excluding hydrogens is 249 g/mol. The van der Waals surface area contributed by atoms with Gasteiger partial charge in [-0.1, -0.05) is 6.07 Å². The lowest BCUT2D eigenvalue weighted by Crippen LogP contribution is -1.94. The first-order chi connectivity index (χ1) is 8.72. The van der Waals surface area contributed by atoms with Gasteiger partial charge in [0, 0.05) is 10.6 Å². The van der Waals surface area contributed by atoms with Crippen LogP contribution < -0.4 is 5.32 Å². The molecule has 5 heteroatoms. The highest BCUT2D eigenvalue weighted by Gasteiger charge is 2.07. The van der Waals surface area contributed by atoms with Gasteiger partial charge in [0.2, 0.25) is 0 Å². The van der Waals surface area contributed by atoms with Crippen LogP contribution in [0.25, 0.3) is 10.2 Å². The molecule has 3 nitrogen and oxygen atoms in total. The Morgan fingerprint density at radius 3 is 2.94 bits per heavy atom. The maximum absolute atomic E-state index is 13.1. The summed E-state index contributed by atoms with van der Waals surface area (Å²) in [4.78, 5) is 10.5. The highest BCUT2D eigenvalue weighted by Crippen LogP contribution is 2.29. The number of benzene rings is 1. The highest BCUT2D eigenvalue weighted by molar-refractivity contribution is 7.18. The van der Waals surface area contributed by atoms with Crippen LogP contribution in [0.15, 0.2) is 36.7 Å². The van der Waals surface area contributed by atoms with Crippen molar-refractivity contribution in [3.8, 4) is 0 Å². The van der Waals surface area contributed by atoms with Crippen molar-refractivity contribution in [2.75, 3.05) is 5.32 Å². The van der Waals surface area contributed by atoms with E-state index >= 15 is 0 Å². The number of hydrogen-bond acceptors (Lipinski definition) is 4. The minimum Gasteiger partial charge on any atom is -0.340 e. The number of aromatic nitrogens is 2. The zero-order chi connectivity index (χ0) is 12.5. The van der Waals surface area contributed by atoms with Crippen LogP contribution in [-0.4, -0.2) is 9.97 Å². The lowest BCUT2D eigenvalue weighted by atomic mass is 10.3. The first-order valence-corrected chi connectivity index (χ1v) is 6.28. The first kappa shape index (κ1) is 11.1. The van der Waals surface area contributed by atoms with Gasteiger partial charge in [-0.3, -0.25) is 0 Å². The van der Waals surface area contributed by atoms with E-state index in [1.165, 1.54) is 23.3 Å². The molecule has 0 spiro atoms. The van der Waals surface area contributed by atoms with Gasteiger partial charge >= 0.3 is 0 Å². The van der Waals surface area contributed by atoms with E-state index in [0.29, 0.717) is 11.5 Å². The average molecular weight is 259 g/mol. The minimum absolute atomic E-state index is 0.271. The molecule has 0 fully saturated rings. The van der Waals surface area contributed by atoms with Gasteiger partial charge in [0.15, 0.2) is 0 Å². The molecule has 3 rings (SSSR count). The number of aryl methyl sites for hydroxylation is 1. The van der Waals surface area contributed by atoms with Gasteiger partial charge < -0.3 is 5.32 Å². The summed E-state index contributed by atoms with van der Waals surface area (Å²) < 4.78 is 13.1. The van der Waals surface area contributed by atoms with Crippen LogP contribution in [-0.2, 0) is 0 Å². The fraction of sp³-hybridized carbons (Fsp3) is 0.0769. The van der Waals surface area contributed by atoms with E-state index in [-0.39, 0.29) is 5.82 Å². The molecule has 3 aromatic rings. The molecule has 0 radical (unpaired) electrons. The second kappa shape index (κ2) is 4.34. The van der Waals surface area contributed by atoms with Gasteiger partial charge in [-0.25, -0.2) is 14.4 Å². The van der Waals surface area contributed by atoms with E-state index in [1.54, 1.807) is 23.5 Å². The Kier molecular flexibility index (Phi) is 2.68. The Balaban J connectivity index is 2.04. The van der Waals surface area contributed by atoms with Crippen LogP contribution in [0.4, 0.5) is 15.9 Å². The third-order valence-electron chi connectivity index (χ3n) is 2.54. The number of nitrogens with one attached hydrogen (secondary N) is 1. The zero-order valence-corrected chi connectivity index (χ0v) is 10.5. The number of rotatable bonds is 2. The van der Waals surface area contributed by atoms with Crippen molar-refractivity contribution in [2.45, 2.75) is 6.92 Å². The summed E-state index contributed by atoms with van der Waals surface area (Å²) in [6.45, 7) is 2.03. The number of halogens is 1. The number of anilines is 2. The molecule has 90 valence electrons. The summed E-state index contributed by atoms with van der Waals surface area (Å²) in [5, 5.41) is 4.08. The third-order valence-corrected chi connectivity index (χ3v) is 3.50. The fourth-order valence-corrected chi connectivity index (χ4v) is 2.63. The van der Waals surface area contributed by atoms with Gasteiger partial charge in [-0.2, -0.15) is 0 Å². The number of thiophene rings is 1. The molecule has 0 saturated heterocycles. The fourth-order valence-electron chi connectivity index (χ4n) is 1.78. The summed E-state index contributed by atoms with van der Waals surface area (Å²) >= 11 is 1.61. The molecular formula is C13H10FN3S. The van der Waals surface area contributed by atoms with Gasteiger partial charge in [-0.15, -0.1) is 11.3 Å². The van der Waals surface area contributed by atoms with Gasteiger partial charge in [0.1, 0.15) is 22.8 Å². The Morgan fingerprint density at radius 2 is 2.11 bits per heavy atom. The molecule has 0 aliphatic rings. The van der Waals surface area contributed by atoms with Gasteiger partial charge in [0.05, 0.1) is 5.39 Å². The van der Waals surface area contributed by atoms with Crippen molar-refractivity contribution in [1.29, 1.82) is 0 Å². The normalized spacial score (nSPS) is 10.8. The van der Waals surface area contributed by atoms with E-state index in [2.05, 4.69) is 15.3 Å². The van der Waals surface area contributed by atoms with Crippen LogP contribution in [0, 0.1) is 12.7 Å². The van der Waals surface area contributed by atoms with E-state index < -0.39 is 0 Å². The van der Waals surface area contributed by atoms with Crippen LogP contribution in [0.5, 0.6) is 0 Å². The minimum atomic E-state index is -0.271. The average Bonchev–Trinajstić information content (AvgIpc) is 2.71. The number of nitrogens with zero attached hydrogens (tertiary/aromatic N) is 2. The predicted octanol–water partition coefficient (Wildman–Crippen LogP) is 3.88. The first-order valence-electron chi connectivity index (χ1n) is 5.46. The van der Waals surface area contributed by atoms with Crippen molar-refractivity contribution in [3.05, 3.63) is 47.4 Å². The third kappa shape index (κ3) is 2.04. The second-order valence-electron chi connectivity index (χ2n) is 3.93. The van der Waals surface area contributed by atoms with Crippen LogP contribution in [0.2, 0.25) is 0 Å². The largest absolute Gasteiger partial charge is 0.340 e. The Labute approximate surface area is 107 Å². The smallest absolute Gasteiger partial charge is 0.142 e. The molecule has 18 heavy (non-hydrogen) atoms. The zero-order valence-electron chi connectivity index (χ0n) is 9.64. The van der Waals surface area contributed by atoms with Crippen LogP contribution in [0.1, 0.15) is 4.88 Å². The Morgan fingerprint density at radius 1 is 1.22 bits per heavy atom. The predicted molar refractivity (Wildman–Crippen MR) is 71.8 cm³/mol. The lowest BCUT2D eigenvalue weighted by molar-refractivity contribution is 0.628. The molecule has 2 heterocycles. The topological polar surface area (TPSA) is 37.8 Å². The van der Waals surface area contributed by atoms with Gasteiger partial charge in [-0.05, 0) is 31.2 Å². The molecule has 0 bridgehead atoms. The molecule has 1 aromatic carbocycles. The monoisotopic (exact) mass is 259 g/mol. The number of hydrogen-bond donors (Lipinski definition) is 1. The summed E-state index contributed by atoms with van der Waals surface area (Å²) in [6, 6.07) is 8.34. The molecule has 0 aliphatic carbocycles. The summed E-state index contributed by atoms with van der Waals surface area (Å²) in [5.41, 5.74) is 0.679. The van der Waals surface area contributed by atoms with Crippen LogP contribution >= 0.6 is 11.3 Å². The molecule has 0 atom stereocenters. The molecule has 0 amide bonds. The SMILES string of the molecule is Cc1cc2c(Nc3cccc(F)c3)ncnc2s1. The maximum atomic E-state index is 13.1. The second-order valence-corrected chi connectivity index (χ2v) is 5.17. The molecule has 1 N–H and O–H groups in total. The summed E-state index contributed by atoms with van der Waals surface area (Å²) in [7, 11) is 0. The summed E-state index contributed by atoms with van der Waals surface area (Å²) in [6.07, 6.45) is 1.51. The van der Waals surface area contributed by atoms with Crippen molar-refractivity contribution >= 4 is 33.1 Å². The maximum Gasteiger partial charge on any atom is 0.142 e. The Hall–Kier alpha value is -2.01. The van der Waals surface area contributed by atoms with Crippen molar-refractivity contribution in [2.24, 2.45) is 0 Å². The standard InChI is InChI=1S/C13H10FN3S/c1-8-5-11-12(15-7-16-13(11)18-8)17-10-4-2-3-9(14)6-10/h2-7H,1H3,(H,15,16,17). The lowest BCUT2D eigenvalue weighted by Gasteiger charge is -2.05. The molecule has 0 unspecified atom stereocenters. The van der Waals surface area contributed by atoms with E-state index in [0.717, 1.165) is 10.2 Å². The van der Waals surface area contributed by atoms with Crippen molar-refractivity contribution in [1.82, 2.24) is 9.97 Å². The van der Waals surface area contributed by atoms with E-state index in [4.69, 9.17) is 0 Å². The van der Waals surface area contributed by atoms with E-state index in [9.17, 15) is 4.39 Å². The highest BCUT2D eigenvalue weighted by atomic mass is 32.1. The quantitative estimate of drug-likeness (QED) is 0.758. The van der Waals surface area contributed by atoms with Crippen molar-refractivity contribution in [3.63, 3.8) is 0 Å². The number of fused-ring (bicyclic) bond motifs is 1. The molecule has 0 saturated carbocycles. The molecule has 2 aromatic heterocycles. The summed E-state index contributed by atoms with van der Waals surface area (Å²) in [5.74, 6) is 0.432.